The number of aliphatic hydroxyl groups is 1. The van der Waals surface area contributed by atoms with E-state index in [9.17, 15) is 5.11 Å². The van der Waals surface area contributed by atoms with Gasteiger partial charge in [0.2, 0.25) is 0 Å². The fraction of sp³-hybridized carbons (Fsp3) is 0.333. The summed E-state index contributed by atoms with van der Waals surface area (Å²) >= 11 is 0. The minimum Gasteiger partial charge on any atom is -0.388 e. The van der Waals surface area contributed by atoms with Crippen LogP contribution in [0.2, 0.25) is 0 Å². The third-order valence-corrected chi connectivity index (χ3v) is 1.83. The van der Waals surface area contributed by atoms with E-state index in [1.807, 2.05) is 18.2 Å². The van der Waals surface area contributed by atoms with Crippen molar-refractivity contribution in [3.05, 3.63) is 46.3 Å². The molecule has 0 aromatic heterocycles. The van der Waals surface area contributed by atoms with Crippen LogP contribution >= 0.6 is 0 Å². The summed E-state index contributed by atoms with van der Waals surface area (Å²) in [6, 6.07) is 8.70. The van der Waals surface area contributed by atoms with Crippen molar-refractivity contribution in [3.63, 3.8) is 0 Å². The summed E-state index contributed by atoms with van der Waals surface area (Å²) in [5.74, 6) is 0. The first-order chi connectivity index (χ1) is 6.25. The number of benzene rings is 1. The van der Waals surface area contributed by atoms with Gasteiger partial charge in [0, 0.05) is 4.91 Å². The molecule has 0 aliphatic rings. The average Bonchev–Trinajstić information content (AvgIpc) is 2.18. The maximum absolute atomic E-state index is 9.66. The van der Waals surface area contributed by atoms with Crippen LogP contribution in [-0.2, 0) is 0 Å². The number of azide groups is 1. The minimum atomic E-state index is -0.725. The first kappa shape index (κ1) is 9.58. The van der Waals surface area contributed by atoms with Crippen LogP contribution in [0.5, 0.6) is 0 Å². The number of nitrogens with zero attached hydrogens (tertiary/aromatic N) is 3. The van der Waals surface area contributed by atoms with Crippen molar-refractivity contribution >= 4 is 0 Å². The molecule has 0 radical (unpaired) electrons. The van der Waals surface area contributed by atoms with Crippen LogP contribution in [0.4, 0.5) is 0 Å². The van der Waals surface area contributed by atoms with Gasteiger partial charge < -0.3 is 5.11 Å². The summed E-state index contributed by atoms with van der Waals surface area (Å²) in [5.41, 5.74) is 8.95. The van der Waals surface area contributed by atoms with Gasteiger partial charge in [-0.2, -0.15) is 0 Å². The molecular weight excluding hydrogens is 166 g/mol. The summed E-state index contributed by atoms with van der Waals surface area (Å²) in [6.07, 6.45) is -0.725. The number of hydrogen-bond donors (Lipinski definition) is 1. The molecule has 2 atom stereocenters. The van der Waals surface area contributed by atoms with Gasteiger partial charge in [0.1, 0.15) is 0 Å². The quantitative estimate of drug-likeness (QED) is 0.430. The van der Waals surface area contributed by atoms with Crippen molar-refractivity contribution in [2.75, 3.05) is 0 Å². The van der Waals surface area contributed by atoms with Crippen LogP contribution in [0.15, 0.2) is 35.4 Å². The van der Waals surface area contributed by atoms with Gasteiger partial charge in [0.15, 0.2) is 0 Å². The van der Waals surface area contributed by atoms with Crippen molar-refractivity contribution < 1.29 is 5.11 Å². The Balaban J connectivity index is 2.79. The van der Waals surface area contributed by atoms with E-state index in [1.165, 1.54) is 0 Å². The summed E-state index contributed by atoms with van der Waals surface area (Å²) in [6.45, 7) is 1.68. The minimum absolute atomic E-state index is 0.438. The molecule has 0 spiro atoms. The Morgan fingerprint density at radius 2 is 2.00 bits per heavy atom. The summed E-state index contributed by atoms with van der Waals surface area (Å²) in [5, 5.41) is 13.1. The SMILES string of the molecule is C[C@@H](N=[N+]=[N-])[C@@H](O)c1ccccc1. The highest BCUT2D eigenvalue weighted by Crippen LogP contribution is 2.18. The van der Waals surface area contributed by atoms with E-state index in [1.54, 1.807) is 19.1 Å². The maximum Gasteiger partial charge on any atom is 0.0872 e. The Morgan fingerprint density at radius 1 is 1.38 bits per heavy atom. The van der Waals surface area contributed by atoms with Gasteiger partial charge in [-0.3, -0.25) is 0 Å². The lowest BCUT2D eigenvalue weighted by Gasteiger charge is -2.13. The molecule has 0 aliphatic heterocycles. The van der Waals surface area contributed by atoms with Crippen molar-refractivity contribution in [2.24, 2.45) is 5.11 Å². The fourth-order valence-electron chi connectivity index (χ4n) is 1.07. The van der Waals surface area contributed by atoms with Crippen LogP contribution in [0.3, 0.4) is 0 Å². The number of rotatable bonds is 3. The molecule has 0 heterocycles. The van der Waals surface area contributed by atoms with E-state index < -0.39 is 12.1 Å². The highest BCUT2D eigenvalue weighted by Gasteiger charge is 2.13. The summed E-state index contributed by atoms with van der Waals surface area (Å²) in [4.78, 5) is 2.65. The van der Waals surface area contributed by atoms with Crippen molar-refractivity contribution in [2.45, 2.75) is 19.1 Å². The highest BCUT2D eigenvalue weighted by molar-refractivity contribution is 5.18. The van der Waals surface area contributed by atoms with Gasteiger partial charge in [-0.25, -0.2) is 0 Å². The van der Waals surface area contributed by atoms with E-state index in [2.05, 4.69) is 10.0 Å². The van der Waals surface area contributed by atoms with Crippen molar-refractivity contribution in [1.29, 1.82) is 0 Å². The normalized spacial score (nSPS) is 14.3. The molecule has 0 saturated heterocycles. The molecule has 1 aromatic carbocycles. The molecule has 0 aliphatic carbocycles. The third kappa shape index (κ3) is 2.47. The third-order valence-electron chi connectivity index (χ3n) is 1.83. The van der Waals surface area contributed by atoms with E-state index in [0.717, 1.165) is 5.56 Å². The van der Waals surface area contributed by atoms with Crippen LogP contribution in [0.25, 0.3) is 10.4 Å². The molecule has 0 unspecified atom stereocenters. The lowest BCUT2D eigenvalue weighted by molar-refractivity contribution is 0.153. The lowest BCUT2D eigenvalue weighted by atomic mass is 10.0. The second-order valence-corrected chi connectivity index (χ2v) is 2.80. The Kier molecular flexibility index (Phi) is 3.31. The predicted molar refractivity (Wildman–Crippen MR) is 50.0 cm³/mol. The zero-order chi connectivity index (χ0) is 9.68. The molecule has 4 heteroatoms. The van der Waals surface area contributed by atoms with Gasteiger partial charge in [-0.1, -0.05) is 42.4 Å². The standard InChI is InChI=1S/C9H11N3O/c1-7(11-12-10)9(13)8-5-3-2-4-6-8/h2-7,9,13H,1H3/t7-,9-/m1/s1. The summed E-state index contributed by atoms with van der Waals surface area (Å²) < 4.78 is 0. The molecule has 0 bridgehead atoms. The lowest BCUT2D eigenvalue weighted by Crippen LogP contribution is -2.11. The molecular formula is C9H11N3O. The molecule has 0 saturated carbocycles. The van der Waals surface area contributed by atoms with E-state index in [-0.39, 0.29) is 0 Å². The predicted octanol–water partition coefficient (Wildman–Crippen LogP) is 2.42. The van der Waals surface area contributed by atoms with E-state index in [4.69, 9.17) is 5.53 Å². The first-order valence-electron chi connectivity index (χ1n) is 4.03. The molecule has 1 rings (SSSR count). The van der Waals surface area contributed by atoms with Gasteiger partial charge in [-0.15, -0.1) is 0 Å². The largest absolute Gasteiger partial charge is 0.388 e. The Bertz CT molecular complexity index is 306. The Labute approximate surface area is 76.5 Å². The molecule has 4 nitrogen and oxygen atoms in total. The Hall–Kier alpha value is -1.51. The average molecular weight is 177 g/mol. The van der Waals surface area contributed by atoms with E-state index >= 15 is 0 Å². The molecule has 1 N–H and O–H groups in total. The van der Waals surface area contributed by atoms with E-state index in [0.29, 0.717) is 0 Å². The van der Waals surface area contributed by atoms with Gasteiger partial charge in [0.05, 0.1) is 12.1 Å². The second-order valence-electron chi connectivity index (χ2n) is 2.80. The fourth-order valence-corrected chi connectivity index (χ4v) is 1.07. The second kappa shape index (κ2) is 4.50. The summed E-state index contributed by atoms with van der Waals surface area (Å²) in [7, 11) is 0. The smallest absolute Gasteiger partial charge is 0.0872 e. The topological polar surface area (TPSA) is 69.0 Å². The Morgan fingerprint density at radius 3 is 2.54 bits per heavy atom. The van der Waals surface area contributed by atoms with Crippen LogP contribution < -0.4 is 0 Å². The first-order valence-corrected chi connectivity index (χ1v) is 4.03. The zero-order valence-electron chi connectivity index (χ0n) is 7.33. The van der Waals surface area contributed by atoms with Crippen LogP contribution in [0, 0.1) is 0 Å². The van der Waals surface area contributed by atoms with Gasteiger partial charge in [-0.05, 0) is 11.1 Å². The van der Waals surface area contributed by atoms with Crippen LogP contribution in [-0.4, -0.2) is 11.1 Å². The molecule has 0 fully saturated rings. The van der Waals surface area contributed by atoms with Gasteiger partial charge >= 0.3 is 0 Å². The van der Waals surface area contributed by atoms with Crippen LogP contribution in [0.1, 0.15) is 18.6 Å². The van der Waals surface area contributed by atoms with Crippen molar-refractivity contribution in [3.8, 4) is 0 Å². The highest BCUT2D eigenvalue weighted by atomic mass is 16.3. The molecule has 68 valence electrons. The molecule has 1 aromatic rings. The molecule has 13 heavy (non-hydrogen) atoms. The zero-order valence-corrected chi connectivity index (χ0v) is 7.33. The maximum atomic E-state index is 9.66. The monoisotopic (exact) mass is 177 g/mol. The van der Waals surface area contributed by atoms with Gasteiger partial charge in [0.25, 0.3) is 0 Å². The van der Waals surface area contributed by atoms with Crippen molar-refractivity contribution in [1.82, 2.24) is 0 Å². The molecule has 0 amide bonds. The number of hydrogen-bond acceptors (Lipinski definition) is 2. The number of aliphatic hydroxyl groups excluding tert-OH is 1.